The van der Waals surface area contributed by atoms with Gasteiger partial charge in [0.05, 0.1) is 24.5 Å². The first kappa shape index (κ1) is 19.1. The summed E-state index contributed by atoms with van der Waals surface area (Å²) in [6.45, 7) is 3.95. The minimum absolute atomic E-state index is 0.0565. The molecule has 1 amide bonds. The highest BCUT2D eigenvalue weighted by Crippen LogP contribution is 2.36. The number of amides is 1. The van der Waals surface area contributed by atoms with Gasteiger partial charge < -0.3 is 15.4 Å². The minimum atomic E-state index is -0.989. The van der Waals surface area contributed by atoms with E-state index in [1.807, 2.05) is 0 Å². The molecule has 3 N–H and O–H groups in total. The summed E-state index contributed by atoms with van der Waals surface area (Å²) in [4.78, 5) is 12.7. The number of H-pyrrole nitrogens is 1. The molecule has 0 unspecified atom stereocenters. The molecule has 0 aromatic carbocycles. The first-order valence-corrected chi connectivity index (χ1v) is 9.74. The van der Waals surface area contributed by atoms with Gasteiger partial charge in [0.2, 0.25) is 0 Å². The van der Waals surface area contributed by atoms with Crippen LogP contribution in [0.5, 0.6) is 0 Å². The number of hydrogen-bond acceptors (Lipinski definition) is 5. The molecule has 0 radical (unpaired) electrons. The molecule has 2 aliphatic rings. The zero-order valence-corrected chi connectivity index (χ0v) is 16.3. The van der Waals surface area contributed by atoms with Gasteiger partial charge >= 0.3 is 0 Å². The van der Waals surface area contributed by atoms with Crippen molar-refractivity contribution < 1.29 is 13.9 Å². The molecule has 9 heteroatoms. The third-order valence-electron chi connectivity index (χ3n) is 5.82. The smallest absolute Gasteiger partial charge is 0.276 e. The van der Waals surface area contributed by atoms with Gasteiger partial charge in [-0.25, -0.2) is 4.39 Å². The molecule has 1 saturated heterocycles. The predicted octanol–water partition coefficient (Wildman–Crippen LogP) is 1.87. The number of carbonyl (C=O) groups is 1. The van der Waals surface area contributed by atoms with E-state index in [0.29, 0.717) is 31.0 Å². The third kappa shape index (κ3) is 3.68. The number of nitrogens with one attached hydrogen (secondary N) is 3. The highest BCUT2D eigenvalue weighted by Gasteiger charge is 2.34. The standard InChI is InChI=1S/C19H27FN6O2/c1-19(11-28-2)5-3-13-15(7-19)24-25-17(13)18(27)23-12-8-22-26(10-12)16-4-6-21-9-14(16)20/h8,10,14,16,21H,3-7,9,11H2,1-2H3,(H,23,27)(H,24,25)/t14-,16-,19+/m0/s1. The molecular weight excluding hydrogens is 363 g/mol. The van der Waals surface area contributed by atoms with Gasteiger partial charge in [0.25, 0.3) is 5.91 Å². The fourth-order valence-corrected chi connectivity index (χ4v) is 4.30. The van der Waals surface area contributed by atoms with E-state index in [-0.39, 0.29) is 17.4 Å². The summed E-state index contributed by atoms with van der Waals surface area (Å²) in [6.07, 6.45) is 5.46. The van der Waals surface area contributed by atoms with Crippen LogP contribution in [-0.2, 0) is 17.6 Å². The molecule has 28 heavy (non-hydrogen) atoms. The summed E-state index contributed by atoms with van der Waals surface area (Å²) < 4.78 is 21.0. The summed E-state index contributed by atoms with van der Waals surface area (Å²) in [7, 11) is 1.71. The lowest BCUT2D eigenvalue weighted by atomic mass is 9.75. The number of piperidine rings is 1. The molecule has 4 rings (SSSR count). The summed E-state index contributed by atoms with van der Waals surface area (Å²) in [5.41, 5.74) is 3.00. The van der Waals surface area contributed by atoms with Crippen molar-refractivity contribution in [1.82, 2.24) is 25.3 Å². The van der Waals surface area contributed by atoms with Crippen molar-refractivity contribution in [2.24, 2.45) is 5.41 Å². The van der Waals surface area contributed by atoms with Crippen molar-refractivity contribution in [2.75, 3.05) is 32.1 Å². The Balaban J connectivity index is 1.45. The predicted molar refractivity (Wildman–Crippen MR) is 102 cm³/mol. The molecule has 0 bridgehead atoms. The zero-order chi connectivity index (χ0) is 19.7. The quantitative estimate of drug-likeness (QED) is 0.724. The van der Waals surface area contributed by atoms with E-state index in [1.54, 1.807) is 24.2 Å². The average molecular weight is 390 g/mol. The van der Waals surface area contributed by atoms with Crippen LogP contribution in [0.3, 0.4) is 0 Å². The van der Waals surface area contributed by atoms with Crippen molar-refractivity contribution >= 4 is 11.6 Å². The van der Waals surface area contributed by atoms with E-state index in [1.165, 1.54) is 0 Å². The normalized spacial score (nSPS) is 27.4. The number of carbonyl (C=O) groups excluding carboxylic acids is 1. The van der Waals surface area contributed by atoms with E-state index < -0.39 is 6.17 Å². The summed E-state index contributed by atoms with van der Waals surface area (Å²) >= 11 is 0. The van der Waals surface area contributed by atoms with Gasteiger partial charge in [0.15, 0.2) is 5.69 Å². The van der Waals surface area contributed by atoms with Crippen molar-refractivity contribution in [3.8, 4) is 0 Å². The van der Waals surface area contributed by atoms with Crippen molar-refractivity contribution in [3.63, 3.8) is 0 Å². The van der Waals surface area contributed by atoms with Crippen molar-refractivity contribution in [3.05, 3.63) is 29.3 Å². The van der Waals surface area contributed by atoms with E-state index in [0.717, 1.165) is 37.1 Å². The van der Waals surface area contributed by atoms with Crippen LogP contribution < -0.4 is 10.6 Å². The van der Waals surface area contributed by atoms with Gasteiger partial charge in [0.1, 0.15) is 6.17 Å². The van der Waals surface area contributed by atoms with Crippen molar-refractivity contribution in [2.45, 2.75) is 44.8 Å². The highest BCUT2D eigenvalue weighted by molar-refractivity contribution is 6.03. The Bertz CT molecular complexity index is 849. The number of fused-ring (bicyclic) bond motifs is 1. The number of ether oxygens (including phenoxy) is 1. The molecule has 3 heterocycles. The summed E-state index contributed by atoms with van der Waals surface area (Å²) in [5, 5.41) is 17.4. The number of alkyl halides is 1. The Morgan fingerprint density at radius 1 is 1.54 bits per heavy atom. The van der Waals surface area contributed by atoms with E-state index in [9.17, 15) is 9.18 Å². The maximum atomic E-state index is 14.1. The lowest BCUT2D eigenvalue weighted by Crippen LogP contribution is -2.39. The molecule has 1 fully saturated rings. The van der Waals surface area contributed by atoms with Crippen LogP contribution in [0.25, 0.3) is 0 Å². The lowest BCUT2D eigenvalue weighted by molar-refractivity contribution is 0.0804. The lowest BCUT2D eigenvalue weighted by Gasteiger charge is -2.32. The number of halogens is 1. The Morgan fingerprint density at radius 2 is 2.39 bits per heavy atom. The monoisotopic (exact) mass is 390 g/mol. The van der Waals surface area contributed by atoms with Crippen LogP contribution in [0.2, 0.25) is 0 Å². The largest absolute Gasteiger partial charge is 0.384 e. The number of nitrogens with zero attached hydrogens (tertiary/aromatic N) is 3. The molecule has 152 valence electrons. The van der Waals surface area contributed by atoms with Crippen LogP contribution in [-0.4, -0.2) is 58.9 Å². The maximum absolute atomic E-state index is 14.1. The van der Waals surface area contributed by atoms with Gasteiger partial charge in [-0.3, -0.25) is 14.6 Å². The fourth-order valence-electron chi connectivity index (χ4n) is 4.30. The molecule has 1 aliphatic carbocycles. The number of hydrogen-bond donors (Lipinski definition) is 3. The van der Waals surface area contributed by atoms with Crippen LogP contribution in [0, 0.1) is 5.41 Å². The Kier molecular flexibility index (Phi) is 5.20. The Morgan fingerprint density at radius 3 is 3.18 bits per heavy atom. The number of methoxy groups -OCH3 is 1. The SMILES string of the molecule is COC[C@]1(C)CCc2c(C(=O)Nc3cnn([C@H]4CCNC[C@@H]4F)c3)n[nH]c2C1. The van der Waals surface area contributed by atoms with Crippen LogP contribution >= 0.6 is 0 Å². The third-order valence-corrected chi connectivity index (χ3v) is 5.82. The number of aromatic amines is 1. The van der Waals surface area contributed by atoms with E-state index in [2.05, 4.69) is 32.9 Å². The highest BCUT2D eigenvalue weighted by atomic mass is 19.1. The topological polar surface area (TPSA) is 96.9 Å². The second-order valence-corrected chi connectivity index (χ2v) is 8.19. The van der Waals surface area contributed by atoms with Crippen LogP contribution in [0.1, 0.15) is 47.6 Å². The zero-order valence-electron chi connectivity index (χ0n) is 16.3. The van der Waals surface area contributed by atoms with Gasteiger partial charge in [-0.05, 0) is 37.6 Å². The van der Waals surface area contributed by atoms with E-state index in [4.69, 9.17) is 4.74 Å². The van der Waals surface area contributed by atoms with Gasteiger partial charge in [-0.2, -0.15) is 10.2 Å². The first-order valence-electron chi connectivity index (χ1n) is 9.74. The molecule has 0 saturated carbocycles. The van der Waals surface area contributed by atoms with Gasteiger partial charge in [0, 0.05) is 31.1 Å². The molecule has 0 spiro atoms. The molecular formula is C19H27FN6O2. The Hall–Kier alpha value is -2.26. The fraction of sp³-hybridized carbons (Fsp3) is 0.632. The molecule has 2 aromatic rings. The Labute approximate surface area is 163 Å². The molecule has 8 nitrogen and oxygen atoms in total. The molecule has 2 aromatic heterocycles. The van der Waals surface area contributed by atoms with Gasteiger partial charge in [-0.1, -0.05) is 6.92 Å². The molecule has 1 aliphatic heterocycles. The second-order valence-electron chi connectivity index (χ2n) is 8.19. The number of aromatic nitrogens is 4. The summed E-state index contributed by atoms with van der Waals surface area (Å²) in [5.74, 6) is -0.269. The van der Waals surface area contributed by atoms with Gasteiger partial charge in [-0.15, -0.1) is 0 Å². The van der Waals surface area contributed by atoms with E-state index >= 15 is 0 Å². The second kappa shape index (κ2) is 7.63. The summed E-state index contributed by atoms with van der Waals surface area (Å²) in [6, 6.07) is -0.302. The minimum Gasteiger partial charge on any atom is -0.384 e. The number of anilines is 1. The maximum Gasteiger partial charge on any atom is 0.276 e. The van der Waals surface area contributed by atoms with Crippen molar-refractivity contribution in [1.29, 1.82) is 0 Å². The average Bonchev–Trinajstić information content (AvgIpc) is 3.28. The first-order chi connectivity index (χ1) is 13.5. The number of rotatable bonds is 5. The van der Waals surface area contributed by atoms with Crippen LogP contribution in [0.15, 0.2) is 12.4 Å². The molecule has 3 atom stereocenters. The van der Waals surface area contributed by atoms with Crippen LogP contribution in [0.4, 0.5) is 10.1 Å².